The third kappa shape index (κ3) is 5.29. The average molecular weight is 317 g/mol. The minimum absolute atomic E-state index is 0.0378. The van der Waals surface area contributed by atoms with Gasteiger partial charge in [-0.3, -0.25) is 5.32 Å². The Morgan fingerprint density at radius 2 is 1.78 bits per heavy atom. The summed E-state index contributed by atoms with van der Waals surface area (Å²) in [5.74, 6) is 0.376. The van der Waals surface area contributed by atoms with Gasteiger partial charge in [0.15, 0.2) is 5.82 Å². The van der Waals surface area contributed by atoms with Gasteiger partial charge >= 0.3 is 6.09 Å². The monoisotopic (exact) mass is 317 g/mol. The summed E-state index contributed by atoms with van der Waals surface area (Å²) in [6, 6.07) is 11.7. The lowest BCUT2D eigenvalue weighted by Gasteiger charge is -2.19. The molecule has 5 heteroatoms. The lowest BCUT2D eigenvalue weighted by molar-refractivity contribution is 0.0635. The van der Waals surface area contributed by atoms with Crippen molar-refractivity contribution in [3.63, 3.8) is 0 Å². The minimum Gasteiger partial charge on any atom is -0.457 e. The molecular formula is C18H20FNO3. The van der Waals surface area contributed by atoms with E-state index in [1.165, 1.54) is 12.1 Å². The summed E-state index contributed by atoms with van der Waals surface area (Å²) in [5.41, 5.74) is 0.441. The molecule has 0 aliphatic carbocycles. The highest BCUT2D eigenvalue weighted by Gasteiger charge is 2.17. The predicted molar refractivity (Wildman–Crippen MR) is 87.5 cm³/mol. The SMILES string of the molecule is Cc1cccc(Oc2ccc(NC(=O)OC(C)(C)C)c(F)c2)c1. The van der Waals surface area contributed by atoms with Gasteiger partial charge in [-0.1, -0.05) is 12.1 Å². The number of hydrogen-bond acceptors (Lipinski definition) is 3. The molecule has 0 fully saturated rings. The maximum atomic E-state index is 14.1. The van der Waals surface area contributed by atoms with Crippen LogP contribution in [0.25, 0.3) is 0 Å². The van der Waals surface area contributed by atoms with Crippen LogP contribution in [0, 0.1) is 12.7 Å². The number of carbonyl (C=O) groups is 1. The van der Waals surface area contributed by atoms with Crippen molar-refractivity contribution in [2.45, 2.75) is 33.3 Å². The van der Waals surface area contributed by atoms with Crippen LogP contribution in [0.3, 0.4) is 0 Å². The van der Waals surface area contributed by atoms with Crippen LogP contribution in [0.2, 0.25) is 0 Å². The van der Waals surface area contributed by atoms with Gasteiger partial charge in [-0.15, -0.1) is 0 Å². The molecule has 0 spiro atoms. The van der Waals surface area contributed by atoms with Crippen molar-refractivity contribution in [3.8, 4) is 11.5 Å². The number of carbonyl (C=O) groups excluding carboxylic acids is 1. The molecule has 0 saturated carbocycles. The van der Waals surface area contributed by atoms with E-state index in [1.54, 1.807) is 32.9 Å². The summed E-state index contributed by atoms with van der Waals surface area (Å²) >= 11 is 0. The Labute approximate surface area is 135 Å². The summed E-state index contributed by atoms with van der Waals surface area (Å²) < 4.78 is 24.8. The smallest absolute Gasteiger partial charge is 0.412 e. The summed E-state index contributed by atoms with van der Waals surface area (Å²) in [5, 5.41) is 2.38. The zero-order chi connectivity index (χ0) is 17.0. The number of ether oxygens (including phenoxy) is 2. The van der Waals surface area contributed by atoms with E-state index in [-0.39, 0.29) is 5.69 Å². The maximum Gasteiger partial charge on any atom is 0.412 e. The van der Waals surface area contributed by atoms with Gasteiger partial charge in [0.25, 0.3) is 0 Å². The highest BCUT2D eigenvalue weighted by molar-refractivity contribution is 5.85. The molecule has 0 radical (unpaired) electrons. The zero-order valence-electron chi connectivity index (χ0n) is 13.6. The Kier molecular flexibility index (Phi) is 4.89. The number of anilines is 1. The highest BCUT2D eigenvalue weighted by Crippen LogP contribution is 2.26. The van der Waals surface area contributed by atoms with Crippen LogP contribution >= 0.6 is 0 Å². The fourth-order valence-corrected chi connectivity index (χ4v) is 1.89. The van der Waals surface area contributed by atoms with Crippen LogP contribution in [0.1, 0.15) is 26.3 Å². The Balaban J connectivity index is 2.07. The van der Waals surface area contributed by atoms with E-state index in [0.29, 0.717) is 11.5 Å². The van der Waals surface area contributed by atoms with Crippen LogP contribution in [0.4, 0.5) is 14.9 Å². The number of rotatable bonds is 3. The molecule has 0 aromatic heterocycles. The lowest BCUT2D eigenvalue weighted by atomic mass is 10.2. The van der Waals surface area contributed by atoms with Crippen molar-refractivity contribution in [3.05, 3.63) is 53.8 Å². The number of aryl methyl sites for hydroxylation is 1. The number of benzene rings is 2. The molecule has 0 saturated heterocycles. The standard InChI is InChI=1S/C18H20FNO3/c1-12-6-5-7-13(10-12)22-14-8-9-16(15(19)11-14)20-17(21)23-18(2,3)4/h5-11H,1-4H3,(H,20,21). The highest BCUT2D eigenvalue weighted by atomic mass is 19.1. The van der Waals surface area contributed by atoms with E-state index in [1.807, 2.05) is 25.1 Å². The van der Waals surface area contributed by atoms with Crippen LogP contribution in [-0.4, -0.2) is 11.7 Å². The molecule has 1 N–H and O–H groups in total. The van der Waals surface area contributed by atoms with Crippen molar-refractivity contribution in [2.24, 2.45) is 0 Å². The molecule has 2 rings (SSSR count). The Morgan fingerprint density at radius 3 is 2.39 bits per heavy atom. The molecule has 0 bridgehead atoms. The van der Waals surface area contributed by atoms with Gasteiger partial charge in [0.2, 0.25) is 0 Å². The van der Waals surface area contributed by atoms with Crippen molar-refractivity contribution >= 4 is 11.8 Å². The quantitative estimate of drug-likeness (QED) is 0.838. The first-order chi connectivity index (χ1) is 10.7. The molecule has 2 aromatic carbocycles. The number of halogens is 1. The molecule has 122 valence electrons. The molecular weight excluding hydrogens is 297 g/mol. The van der Waals surface area contributed by atoms with E-state index in [0.717, 1.165) is 5.56 Å². The number of hydrogen-bond donors (Lipinski definition) is 1. The van der Waals surface area contributed by atoms with Gasteiger partial charge < -0.3 is 9.47 Å². The van der Waals surface area contributed by atoms with Crippen LogP contribution < -0.4 is 10.1 Å². The van der Waals surface area contributed by atoms with E-state index in [9.17, 15) is 9.18 Å². The van der Waals surface area contributed by atoms with Gasteiger partial charge in [0, 0.05) is 6.07 Å². The van der Waals surface area contributed by atoms with Crippen LogP contribution in [-0.2, 0) is 4.74 Å². The van der Waals surface area contributed by atoms with E-state index in [4.69, 9.17) is 9.47 Å². The van der Waals surface area contributed by atoms with E-state index in [2.05, 4.69) is 5.32 Å². The summed E-state index contributed by atoms with van der Waals surface area (Å²) in [6.07, 6.45) is -0.705. The van der Waals surface area contributed by atoms with Crippen molar-refractivity contribution in [1.29, 1.82) is 0 Å². The Hall–Kier alpha value is -2.56. The summed E-state index contributed by atoms with van der Waals surface area (Å²) in [4.78, 5) is 11.7. The molecule has 1 amide bonds. The normalized spacial score (nSPS) is 11.0. The first-order valence-electron chi connectivity index (χ1n) is 7.27. The third-order valence-corrected chi connectivity index (χ3v) is 2.80. The van der Waals surface area contributed by atoms with Gasteiger partial charge in [-0.2, -0.15) is 0 Å². The first kappa shape index (κ1) is 16.8. The topological polar surface area (TPSA) is 47.6 Å². The Bertz CT molecular complexity index is 708. The average Bonchev–Trinajstić information content (AvgIpc) is 2.40. The zero-order valence-corrected chi connectivity index (χ0v) is 13.6. The van der Waals surface area contributed by atoms with Gasteiger partial charge in [0.1, 0.15) is 17.1 Å². The molecule has 0 unspecified atom stereocenters. The second-order valence-corrected chi connectivity index (χ2v) is 6.19. The van der Waals surface area contributed by atoms with Crippen molar-refractivity contribution in [2.75, 3.05) is 5.32 Å². The summed E-state index contributed by atoms with van der Waals surface area (Å²) in [6.45, 7) is 7.16. The number of nitrogens with one attached hydrogen (secondary N) is 1. The molecule has 4 nitrogen and oxygen atoms in total. The number of amides is 1. The van der Waals surface area contributed by atoms with Gasteiger partial charge in [-0.05, 0) is 57.5 Å². The molecule has 0 aliphatic rings. The third-order valence-electron chi connectivity index (χ3n) is 2.80. The summed E-state index contributed by atoms with van der Waals surface area (Å²) in [7, 11) is 0. The van der Waals surface area contributed by atoms with Crippen LogP contribution in [0.15, 0.2) is 42.5 Å². The van der Waals surface area contributed by atoms with Gasteiger partial charge in [-0.25, -0.2) is 9.18 Å². The largest absolute Gasteiger partial charge is 0.457 e. The predicted octanol–water partition coefficient (Wildman–Crippen LogP) is 5.27. The van der Waals surface area contributed by atoms with E-state index < -0.39 is 17.5 Å². The maximum absolute atomic E-state index is 14.1. The first-order valence-corrected chi connectivity index (χ1v) is 7.27. The molecule has 0 atom stereocenters. The molecule has 0 heterocycles. The van der Waals surface area contributed by atoms with Crippen molar-refractivity contribution in [1.82, 2.24) is 0 Å². The Morgan fingerprint density at radius 1 is 1.09 bits per heavy atom. The minimum atomic E-state index is -0.705. The molecule has 2 aromatic rings. The lowest BCUT2D eigenvalue weighted by Crippen LogP contribution is -2.27. The van der Waals surface area contributed by atoms with Gasteiger partial charge in [0.05, 0.1) is 5.69 Å². The molecule has 23 heavy (non-hydrogen) atoms. The van der Waals surface area contributed by atoms with E-state index >= 15 is 0 Å². The second-order valence-electron chi connectivity index (χ2n) is 6.19. The fourth-order valence-electron chi connectivity index (χ4n) is 1.89. The second kappa shape index (κ2) is 6.69. The molecule has 0 aliphatic heterocycles. The van der Waals surface area contributed by atoms with Crippen LogP contribution in [0.5, 0.6) is 11.5 Å². The fraction of sp³-hybridized carbons (Fsp3) is 0.278. The van der Waals surface area contributed by atoms with Crippen molar-refractivity contribution < 1.29 is 18.7 Å².